The normalized spacial score (nSPS) is 11.2. The van der Waals surface area contributed by atoms with Crippen molar-refractivity contribution in [1.29, 1.82) is 0 Å². The average Bonchev–Trinajstić information content (AvgIpc) is 0.773. The van der Waals surface area contributed by atoms with Crippen LogP contribution in [0.5, 0.6) is 0 Å². The van der Waals surface area contributed by atoms with Gasteiger partial charge in [0.05, 0.1) is 64.0 Å². The number of Topliss-reactive ketones (excluding diaryl/α,β-unsaturated/α-hetero) is 1. The Morgan fingerprint density at radius 2 is 0.910 bits per heavy atom. The molecule has 0 aliphatic heterocycles. The number of rotatable bonds is 11. The Bertz CT molecular complexity index is 5190. The number of anilines is 1. The molecular formula is C59H38F25N11O16. The smallest absolute Gasteiger partial charge is 0.450 e. The van der Waals surface area contributed by atoms with Gasteiger partial charge in [-0.05, 0) is 56.3 Å². The van der Waals surface area contributed by atoms with Crippen molar-refractivity contribution in [2.45, 2.75) is 51.1 Å². The molecule has 111 heavy (non-hydrogen) atoms. The molecule has 0 unspecified atom stereocenters. The highest BCUT2D eigenvalue weighted by atomic mass is 19.4. The van der Waals surface area contributed by atoms with E-state index in [1.807, 2.05) is 0 Å². The lowest BCUT2D eigenvalue weighted by Gasteiger charge is -2.14. The number of aromatic nitrogens is 6. The lowest BCUT2D eigenvalue weighted by Crippen LogP contribution is -2.41. The Labute approximate surface area is 593 Å². The molecule has 0 fully saturated rings. The third-order valence-corrected chi connectivity index (χ3v) is 12.0. The first kappa shape index (κ1) is 93.6. The molecule has 3 heterocycles. The van der Waals surface area contributed by atoms with E-state index in [1.54, 1.807) is 0 Å². The third-order valence-electron chi connectivity index (χ3n) is 12.0. The van der Waals surface area contributed by atoms with Gasteiger partial charge >= 0.3 is 71.3 Å². The molecule has 0 amide bonds. The number of carbonyl (C=O) groups is 3. The minimum Gasteiger partial charge on any atom is -0.466 e. The van der Waals surface area contributed by atoms with Crippen molar-refractivity contribution in [3.8, 4) is 17.1 Å². The molecule has 5 aromatic carbocycles. The van der Waals surface area contributed by atoms with Gasteiger partial charge in [-0.1, -0.05) is 0 Å². The highest BCUT2D eigenvalue weighted by Gasteiger charge is 2.40. The number of aliphatic imine (C=N–C) groups is 1. The Kier molecular flexibility index (Phi) is 32.8. The van der Waals surface area contributed by atoms with Crippen LogP contribution in [0.15, 0.2) is 143 Å². The van der Waals surface area contributed by atoms with Crippen LogP contribution in [0.25, 0.3) is 17.1 Å². The van der Waals surface area contributed by atoms with Crippen LogP contribution >= 0.6 is 0 Å². The first-order valence-electron chi connectivity index (χ1n) is 28.1. The first-order chi connectivity index (χ1) is 50.8. The molecule has 52 heteroatoms. The number of hydrogen-bond donors (Lipinski definition) is 4. The number of ketones is 1. The molecule has 0 saturated heterocycles. The third kappa shape index (κ3) is 27.7. The van der Waals surface area contributed by atoms with E-state index in [0.29, 0.717) is 19.2 Å². The SMILES string of the molecule is CCOC(=O)/C=C(\N)C(F)(F)F.CCOC(=O)CC(=O)C(F)(F)F.Cn1c(C(F)(F)F)cc(=O)n(-c2cc(F)c([N+](=O)[O-])cc2F)c1=O.Nc1cc(F)ccc1F.O=C=Nc1cc(F)ccc1F.O=c1cc(C(F)(F)F)[nH]c(=O)n1-c1cc(F)c([N+](=O)[O-])cc1F.O=c1cc(C(F)(F)F)[nH]c(=O)n1-c1cc(F)ccc1F. The number of benzene rings is 5. The molecule has 3 aromatic heterocycles. The summed E-state index contributed by atoms with van der Waals surface area (Å²) in [5.74, 6) is -15.1. The number of isocyanates is 1. The largest absolute Gasteiger partial charge is 0.466 e. The van der Waals surface area contributed by atoms with Gasteiger partial charge in [-0.25, -0.2) is 72.8 Å². The quantitative estimate of drug-likeness (QED) is 0.0108. The summed E-state index contributed by atoms with van der Waals surface area (Å²) in [6.45, 7) is 2.90. The van der Waals surface area contributed by atoms with Crippen molar-refractivity contribution in [3.05, 3.63) is 267 Å². The first-order valence-corrected chi connectivity index (χ1v) is 28.1. The maximum absolute atomic E-state index is 13.9. The van der Waals surface area contributed by atoms with Crippen LogP contribution in [0.3, 0.4) is 0 Å². The van der Waals surface area contributed by atoms with Crippen LogP contribution in [0.1, 0.15) is 37.4 Å². The van der Waals surface area contributed by atoms with Crippen LogP contribution in [-0.4, -0.2) is 87.5 Å². The van der Waals surface area contributed by atoms with Crippen LogP contribution in [0.2, 0.25) is 0 Å². The number of nitrogens with zero attached hydrogens (tertiary/aromatic N) is 7. The number of H-pyrrole nitrogens is 2. The van der Waals surface area contributed by atoms with Crippen molar-refractivity contribution in [3.63, 3.8) is 0 Å². The predicted octanol–water partition coefficient (Wildman–Crippen LogP) is 10.8. The molecule has 0 bridgehead atoms. The number of nitrogens with two attached hydrogens (primary N) is 2. The molecule has 0 saturated carbocycles. The number of ether oxygens (including phenoxy) is 2. The molecule has 0 radical (unpaired) electrons. The van der Waals surface area contributed by atoms with Crippen LogP contribution in [0, 0.1) is 78.4 Å². The zero-order valence-corrected chi connectivity index (χ0v) is 54.2. The maximum Gasteiger partial charge on any atom is 0.450 e. The highest BCUT2D eigenvalue weighted by molar-refractivity contribution is 5.98. The number of halogens is 25. The summed E-state index contributed by atoms with van der Waals surface area (Å²) in [7, 11) is 0.681. The molecule has 0 aliphatic rings. The van der Waals surface area contributed by atoms with E-state index in [0.717, 1.165) is 48.5 Å². The number of allylic oxidation sites excluding steroid dienone is 1. The number of alkyl halides is 15. The van der Waals surface area contributed by atoms with E-state index < -0.39 is 208 Å². The number of nitro benzene ring substituents is 2. The van der Waals surface area contributed by atoms with Crippen LogP contribution < -0.4 is 45.2 Å². The number of carbonyl (C=O) groups excluding carboxylic acids is 4. The fourth-order valence-corrected chi connectivity index (χ4v) is 7.17. The Morgan fingerprint density at radius 3 is 1.28 bits per heavy atom. The molecular weight excluding hydrogens is 1590 g/mol. The van der Waals surface area contributed by atoms with E-state index >= 15 is 0 Å². The summed E-state index contributed by atoms with van der Waals surface area (Å²) in [5, 5.41) is 21.0. The fourth-order valence-electron chi connectivity index (χ4n) is 7.17. The van der Waals surface area contributed by atoms with Gasteiger partial charge in [-0.15, -0.1) is 0 Å². The summed E-state index contributed by atoms with van der Waals surface area (Å²) >= 11 is 0. The molecule has 600 valence electrons. The van der Waals surface area contributed by atoms with Gasteiger partial charge in [-0.3, -0.25) is 48.8 Å². The van der Waals surface area contributed by atoms with Crippen molar-refractivity contribution in [1.82, 2.24) is 28.2 Å². The molecule has 0 atom stereocenters. The zero-order chi connectivity index (χ0) is 85.7. The van der Waals surface area contributed by atoms with E-state index in [2.05, 4.69) is 20.2 Å². The molecule has 8 aromatic rings. The predicted molar refractivity (Wildman–Crippen MR) is 323 cm³/mol. The topological polar surface area (TPSA) is 391 Å². The molecule has 27 nitrogen and oxygen atoms in total. The van der Waals surface area contributed by atoms with Crippen molar-refractivity contribution < 1.29 is 148 Å². The van der Waals surface area contributed by atoms with Gasteiger partial charge in [0.1, 0.15) is 69.8 Å². The van der Waals surface area contributed by atoms with Crippen molar-refractivity contribution in [2.24, 2.45) is 17.8 Å². The second-order valence-corrected chi connectivity index (χ2v) is 19.7. The average molecular weight is 1630 g/mol. The monoisotopic (exact) mass is 1630 g/mol. The van der Waals surface area contributed by atoms with Gasteiger partial charge in [0.15, 0.2) is 11.6 Å². The highest BCUT2D eigenvalue weighted by Crippen LogP contribution is 2.31. The summed E-state index contributed by atoms with van der Waals surface area (Å²) in [6, 6.07) is 8.18. The second kappa shape index (κ2) is 38.9. The van der Waals surface area contributed by atoms with E-state index in [-0.39, 0.29) is 91.4 Å². The number of aromatic amines is 2. The van der Waals surface area contributed by atoms with Gasteiger partial charge < -0.3 is 30.9 Å². The number of nitro groups is 2. The standard InChI is InChI=1S/C12H6F5N3O4.C11H4F5N3O4.C11H5F5N2O2.C7H3F2NO.C6H8F3NO2.C6H7F3O3.C6H5F2N/c1-18-9(12(15,16)17)4-10(21)19(11(18)22)7-2-6(14)8(20(23)24)3-5(7)13;12-4-2-7(19(22)23)5(13)1-6(4)18-9(20)3-8(11(14,15)16)17-10(18)21;12-5-1-2-6(13)7(3-5)18-9(19)4-8(11(14,15)16)17-10(18)20;8-5-1-2-6(9)7(3-5)10-4-11;2*1-2-12-5(11)3-4(10)6(7,8)9;7-4-1-2-5(8)6(9)3-4/h2-4H,1H3;1-3H,(H,17,21);1-4H,(H,17,20);1-3H;3H,2,10H2,1H3;2-3H2,1H3;1-3H,9H2/b;;;;4-3-;;. The number of esters is 2. The summed E-state index contributed by atoms with van der Waals surface area (Å²) in [5.41, 5.74) is -12.0. The fraction of sp³-hybridized carbons (Fsp3) is 0.186. The summed E-state index contributed by atoms with van der Waals surface area (Å²) in [4.78, 5) is 135. The van der Waals surface area contributed by atoms with E-state index in [1.165, 1.54) is 23.8 Å². The second-order valence-electron chi connectivity index (χ2n) is 19.7. The van der Waals surface area contributed by atoms with Gasteiger partial charge in [0.25, 0.3) is 16.7 Å². The van der Waals surface area contributed by atoms with Gasteiger partial charge in [0.2, 0.25) is 23.5 Å². The lowest BCUT2D eigenvalue weighted by atomic mass is 10.2. The maximum atomic E-state index is 13.9. The zero-order valence-electron chi connectivity index (χ0n) is 54.2. The summed E-state index contributed by atoms with van der Waals surface area (Å²) < 4.78 is 321. The number of hydrogen-bond acceptors (Lipinski definition) is 19. The lowest BCUT2D eigenvalue weighted by molar-refractivity contribution is -0.387. The van der Waals surface area contributed by atoms with Gasteiger partial charge in [-0.2, -0.15) is 79.6 Å². The van der Waals surface area contributed by atoms with E-state index in [4.69, 9.17) is 5.73 Å². The van der Waals surface area contributed by atoms with Crippen LogP contribution in [0.4, 0.5) is 133 Å². The minimum absolute atomic E-state index is 0.0144. The van der Waals surface area contributed by atoms with Crippen molar-refractivity contribution in [2.75, 3.05) is 18.9 Å². The molecule has 0 spiro atoms. The Morgan fingerprint density at radius 1 is 0.514 bits per heavy atom. The van der Waals surface area contributed by atoms with Crippen molar-refractivity contribution >= 4 is 46.6 Å². The number of nitrogens with one attached hydrogen (secondary N) is 2. The van der Waals surface area contributed by atoms with Gasteiger partial charge in [0, 0.05) is 49.5 Å². The molecule has 6 N–H and O–H groups in total. The van der Waals surface area contributed by atoms with E-state index in [9.17, 15) is 178 Å². The number of nitrogen functional groups attached to an aromatic ring is 1. The summed E-state index contributed by atoms with van der Waals surface area (Å²) in [6.07, 6.45) is -24.5. The molecule has 8 rings (SSSR count). The Balaban J connectivity index is 0.000000452. The Hall–Kier alpha value is -13.5. The van der Waals surface area contributed by atoms with Crippen LogP contribution in [-0.2, 0) is 54.2 Å². The minimum atomic E-state index is -5.03. The molecule has 0 aliphatic carbocycles.